The largest absolute Gasteiger partial charge is 0.396 e. The summed E-state index contributed by atoms with van der Waals surface area (Å²) in [6.45, 7) is 4.97. The van der Waals surface area contributed by atoms with Crippen LogP contribution in [-0.2, 0) is 11.3 Å². The van der Waals surface area contributed by atoms with Crippen molar-refractivity contribution < 1.29 is 9.90 Å². The van der Waals surface area contributed by atoms with Gasteiger partial charge in [-0.2, -0.15) is 0 Å². The molecule has 1 aromatic rings. The van der Waals surface area contributed by atoms with E-state index in [-0.39, 0.29) is 12.5 Å². The van der Waals surface area contributed by atoms with Crippen LogP contribution in [0.25, 0.3) is 0 Å². The molecule has 20 heavy (non-hydrogen) atoms. The van der Waals surface area contributed by atoms with Gasteiger partial charge in [-0.3, -0.25) is 4.79 Å². The molecule has 110 valence electrons. The topological polar surface area (TPSA) is 52.6 Å². The van der Waals surface area contributed by atoms with Gasteiger partial charge in [0.15, 0.2) is 0 Å². The molecule has 0 unspecified atom stereocenters. The Morgan fingerprint density at radius 3 is 2.55 bits per heavy atom. The molecule has 0 spiro atoms. The van der Waals surface area contributed by atoms with Gasteiger partial charge in [-0.1, -0.05) is 29.8 Å². The van der Waals surface area contributed by atoms with Crippen molar-refractivity contribution in [1.82, 2.24) is 10.2 Å². The Kier molecular flexibility index (Phi) is 5.56. The fourth-order valence-electron chi connectivity index (χ4n) is 2.50. The average Bonchev–Trinajstić information content (AvgIpc) is 2.49. The van der Waals surface area contributed by atoms with Gasteiger partial charge < -0.3 is 15.3 Å². The van der Waals surface area contributed by atoms with Crippen LogP contribution in [0.2, 0.25) is 0 Å². The van der Waals surface area contributed by atoms with Gasteiger partial charge in [-0.05, 0) is 31.2 Å². The van der Waals surface area contributed by atoms with Crippen molar-refractivity contribution in [1.29, 1.82) is 0 Å². The van der Waals surface area contributed by atoms with Crippen LogP contribution >= 0.6 is 0 Å². The highest BCUT2D eigenvalue weighted by Crippen LogP contribution is 2.16. The monoisotopic (exact) mass is 276 g/mol. The lowest BCUT2D eigenvalue weighted by Crippen LogP contribution is -2.43. The molecule has 0 atom stereocenters. The number of amides is 1. The van der Waals surface area contributed by atoms with Crippen molar-refractivity contribution in [2.45, 2.75) is 26.3 Å². The molecular formula is C16H24N2O2. The number of nitrogens with one attached hydrogen (secondary N) is 1. The van der Waals surface area contributed by atoms with Crippen molar-refractivity contribution in [2.24, 2.45) is 5.92 Å². The number of aryl methyl sites for hydroxylation is 1. The molecular weight excluding hydrogens is 252 g/mol. The van der Waals surface area contributed by atoms with E-state index in [2.05, 4.69) is 36.5 Å². The zero-order chi connectivity index (χ0) is 14.4. The molecule has 0 aromatic heterocycles. The fraction of sp³-hybridized carbons (Fsp3) is 0.562. The van der Waals surface area contributed by atoms with Gasteiger partial charge in [-0.15, -0.1) is 0 Å². The van der Waals surface area contributed by atoms with Crippen LogP contribution in [0.3, 0.4) is 0 Å². The molecule has 4 heteroatoms. The summed E-state index contributed by atoms with van der Waals surface area (Å²) in [5.41, 5.74) is 2.44. The third-order valence-corrected chi connectivity index (χ3v) is 3.95. The zero-order valence-corrected chi connectivity index (χ0v) is 12.1. The molecule has 1 aliphatic rings. The van der Waals surface area contributed by atoms with Crippen molar-refractivity contribution in [3.8, 4) is 0 Å². The summed E-state index contributed by atoms with van der Waals surface area (Å²) in [6, 6.07) is 8.33. The molecule has 1 heterocycles. The smallest absolute Gasteiger partial charge is 0.236 e. The summed E-state index contributed by atoms with van der Waals surface area (Å²) < 4.78 is 0. The molecule has 1 aliphatic heterocycles. The summed E-state index contributed by atoms with van der Waals surface area (Å²) in [4.78, 5) is 13.9. The quantitative estimate of drug-likeness (QED) is 0.853. The first-order valence-electron chi connectivity index (χ1n) is 7.34. The number of aliphatic hydroxyl groups excluding tert-OH is 1. The number of carbonyl (C=O) groups is 1. The van der Waals surface area contributed by atoms with Crippen LogP contribution in [0.4, 0.5) is 0 Å². The third-order valence-electron chi connectivity index (χ3n) is 3.95. The highest BCUT2D eigenvalue weighted by molar-refractivity contribution is 5.78. The minimum atomic E-state index is 0.161. The molecule has 2 N–H and O–H groups in total. The summed E-state index contributed by atoms with van der Waals surface area (Å²) in [5, 5.41) is 12.3. The summed E-state index contributed by atoms with van der Waals surface area (Å²) in [5.74, 6) is 0.535. The number of rotatable bonds is 5. The first-order valence-corrected chi connectivity index (χ1v) is 7.34. The van der Waals surface area contributed by atoms with E-state index in [1.165, 1.54) is 11.1 Å². The Morgan fingerprint density at radius 1 is 1.30 bits per heavy atom. The van der Waals surface area contributed by atoms with E-state index in [4.69, 9.17) is 5.11 Å². The van der Waals surface area contributed by atoms with Gasteiger partial charge >= 0.3 is 0 Å². The van der Waals surface area contributed by atoms with Crippen molar-refractivity contribution in [2.75, 3.05) is 26.2 Å². The lowest BCUT2D eigenvalue weighted by atomic mass is 9.98. The van der Waals surface area contributed by atoms with E-state index in [0.29, 0.717) is 12.5 Å². The average molecular weight is 276 g/mol. The van der Waals surface area contributed by atoms with Crippen LogP contribution in [0, 0.1) is 12.8 Å². The predicted octanol–water partition coefficient (Wildman–Crippen LogP) is 1.32. The van der Waals surface area contributed by atoms with Gasteiger partial charge in [-0.25, -0.2) is 0 Å². The molecule has 0 saturated carbocycles. The predicted molar refractivity (Wildman–Crippen MR) is 79.3 cm³/mol. The Bertz CT molecular complexity index is 423. The van der Waals surface area contributed by atoms with E-state index >= 15 is 0 Å². The Hall–Kier alpha value is -1.39. The standard InChI is InChI=1S/C16H24N2O2/c1-13-2-4-14(5-3-13)10-17-11-16(20)18-8-6-15(12-19)7-9-18/h2-5,15,17,19H,6-12H2,1H3. The minimum absolute atomic E-state index is 0.161. The van der Waals surface area contributed by atoms with E-state index in [1.54, 1.807) is 0 Å². The Labute approximate surface area is 120 Å². The first kappa shape index (κ1) is 15.0. The fourth-order valence-corrected chi connectivity index (χ4v) is 2.50. The van der Waals surface area contributed by atoms with Gasteiger partial charge in [0.1, 0.15) is 0 Å². The molecule has 1 amide bonds. The first-order chi connectivity index (χ1) is 9.69. The number of nitrogens with zero attached hydrogens (tertiary/aromatic N) is 1. The maximum Gasteiger partial charge on any atom is 0.236 e. The van der Waals surface area contributed by atoms with Crippen molar-refractivity contribution in [3.63, 3.8) is 0 Å². The maximum absolute atomic E-state index is 12.0. The van der Waals surface area contributed by atoms with Crippen LogP contribution in [0.5, 0.6) is 0 Å². The molecule has 1 aromatic carbocycles. The number of likely N-dealkylation sites (tertiary alicyclic amines) is 1. The van der Waals surface area contributed by atoms with Crippen LogP contribution in [-0.4, -0.2) is 42.2 Å². The molecule has 2 rings (SSSR count). The van der Waals surface area contributed by atoms with E-state index < -0.39 is 0 Å². The molecule has 0 radical (unpaired) electrons. The summed E-state index contributed by atoms with van der Waals surface area (Å²) in [6.07, 6.45) is 1.83. The second-order valence-corrected chi connectivity index (χ2v) is 5.60. The highest BCUT2D eigenvalue weighted by atomic mass is 16.3. The van der Waals surface area contributed by atoms with Crippen LogP contribution in [0.15, 0.2) is 24.3 Å². The van der Waals surface area contributed by atoms with Gasteiger partial charge in [0.05, 0.1) is 6.54 Å². The van der Waals surface area contributed by atoms with E-state index in [0.717, 1.165) is 32.5 Å². The van der Waals surface area contributed by atoms with Crippen LogP contribution < -0.4 is 5.32 Å². The maximum atomic E-state index is 12.0. The summed E-state index contributed by atoms with van der Waals surface area (Å²) in [7, 11) is 0. The second-order valence-electron chi connectivity index (χ2n) is 5.60. The van der Waals surface area contributed by atoms with Crippen LogP contribution in [0.1, 0.15) is 24.0 Å². The van der Waals surface area contributed by atoms with E-state index in [9.17, 15) is 4.79 Å². The second kappa shape index (κ2) is 7.41. The molecule has 0 aliphatic carbocycles. The lowest BCUT2D eigenvalue weighted by molar-refractivity contribution is -0.131. The number of piperidine rings is 1. The van der Waals surface area contributed by atoms with Gasteiger partial charge in [0.2, 0.25) is 5.91 Å². The SMILES string of the molecule is Cc1ccc(CNCC(=O)N2CCC(CO)CC2)cc1. The van der Waals surface area contributed by atoms with Crippen molar-refractivity contribution in [3.05, 3.63) is 35.4 Å². The highest BCUT2D eigenvalue weighted by Gasteiger charge is 2.21. The van der Waals surface area contributed by atoms with Gasteiger partial charge in [0.25, 0.3) is 0 Å². The number of carbonyl (C=O) groups excluding carboxylic acids is 1. The Morgan fingerprint density at radius 2 is 1.95 bits per heavy atom. The lowest BCUT2D eigenvalue weighted by Gasteiger charge is -2.31. The molecule has 4 nitrogen and oxygen atoms in total. The number of hydrogen-bond donors (Lipinski definition) is 2. The summed E-state index contributed by atoms with van der Waals surface area (Å²) >= 11 is 0. The molecule has 1 fully saturated rings. The Balaban J connectivity index is 1.69. The molecule has 0 bridgehead atoms. The molecule has 1 saturated heterocycles. The van der Waals surface area contributed by atoms with E-state index in [1.807, 2.05) is 4.90 Å². The zero-order valence-electron chi connectivity index (χ0n) is 12.1. The number of benzene rings is 1. The van der Waals surface area contributed by atoms with Gasteiger partial charge in [0, 0.05) is 26.2 Å². The number of hydrogen-bond acceptors (Lipinski definition) is 3. The third kappa shape index (κ3) is 4.32. The minimum Gasteiger partial charge on any atom is -0.396 e. The van der Waals surface area contributed by atoms with Crippen molar-refractivity contribution >= 4 is 5.91 Å². The normalized spacial score (nSPS) is 16.4. The number of aliphatic hydroxyl groups is 1.